The van der Waals surface area contributed by atoms with E-state index in [2.05, 4.69) is 16.0 Å². The van der Waals surface area contributed by atoms with E-state index in [0.29, 0.717) is 19.4 Å². The molecule has 3 atom stereocenters. The number of aliphatic carboxylic acids is 1. The lowest BCUT2D eigenvalue weighted by Gasteiger charge is -2.21. The van der Waals surface area contributed by atoms with Gasteiger partial charge in [0.15, 0.2) is 0 Å². The van der Waals surface area contributed by atoms with Crippen LogP contribution in [0.2, 0.25) is 0 Å². The van der Waals surface area contributed by atoms with Gasteiger partial charge >= 0.3 is 5.97 Å². The zero-order valence-electron chi connectivity index (χ0n) is 19.0. The van der Waals surface area contributed by atoms with Crippen LogP contribution < -0.4 is 33.2 Å². The van der Waals surface area contributed by atoms with Crippen LogP contribution in [0.1, 0.15) is 37.7 Å². The summed E-state index contributed by atoms with van der Waals surface area (Å²) in [5.41, 5.74) is 17.4. The van der Waals surface area contributed by atoms with E-state index in [1.165, 1.54) is 0 Å². The third-order valence-electron chi connectivity index (χ3n) is 4.95. The Morgan fingerprint density at radius 1 is 0.912 bits per heavy atom. The van der Waals surface area contributed by atoms with Gasteiger partial charge in [0.25, 0.3) is 0 Å². The number of hydrogen-bond acceptors (Lipinski definition) is 7. The van der Waals surface area contributed by atoms with Gasteiger partial charge in [-0.2, -0.15) is 0 Å². The topological polar surface area (TPSA) is 220 Å². The molecule has 0 aliphatic rings. The summed E-state index contributed by atoms with van der Waals surface area (Å²) in [5.74, 6) is -3.93. The van der Waals surface area contributed by atoms with Crippen LogP contribution in [-0.2, 0) is 30.4 Å². The average molecular weight is 479 g/mol. The van der Waals surface area contributed by atoms with Crippen molar-refractivity contribution in [2.24, 2.45) is 17.2 Å². The fraction of sp³-hybridized carbons (Fsp3) is 0.500. The van der Waals surface area contributed by atoms with Crippen LogP contribution in [0.5, 0.6) is 0 Å². The number of primary amides is 1. The maximum absolute atomic E-state index is 12.6. The van der Waals surface area contributed by atoms with Crippen molar-refractivity contribution in [3.63, 3.8) is 0 Å². The van der Waals surface area contributed by atoms with Crippen LogP contribution in [0, 0.1) is 0 Å². The van der Waals surface area contributed by atoms with E-state index in [9.17, 15) is 24.0 Å². The Morgan fingerprint density at radius 2 is 1.59 bits per heavy atom. The highest BCUT2D eigenvalue weighted by Gasteiger charge is 2.25. The molecule has 0 bridgehead atoms. The predicted molar refractivity (Wildman–Crippen MR) is 124 cm³/mol. The lowest BCUT2D eigenvalue weighted by atomic mass is 10.0. The summed E-state index contributed by atoms with van der Waals surface area (Å²) in [6.07, 6.45) is 1.36. The van der Waals surface area contributed by atoms with Gasteiger partial charge in [0.05, 0.1) is 12.6 Å². The Kier molecular flexibility index (Phi) is 12.9. The molecule has 0 saturated heterocycles. The first-order valence-corrected chi connectivity index (χ1v) is 11.0. The van der Waals surface area contributed by atoms with Crippen LogP contribution in [0.3, 0.4) is 0 Å². The molecule has 1 aromatic rings. The van der Waals surface area contributed by atoms with Gasteiger partial charge in [0, 0.05) is 6.42 Å². The normalized spacial score (nSPS) is 13.2. The standard InChI is InChI=1S/C22H34N6O6/c23-11-5-4-8-16(28-20(31)15(24)12-14-6-2-1-3-7-14)21(32)26-13-19(30)27-17(22(33)34)9-10-18(25)29/h1-3,6-7,15-17H,4-5,8-13,23-24H2,(H2,25,29)(H,26,32)(H,27,30)(H,28,31)(H,33,34). The number of carboxylic acids is 1. The molecule has 3 unspecified atom stereocenters. The van der Waals surface area contributed by atoms with Crippen molar-refractivity contribution in [1.29, 1.82) is 0 Å². The van der Waals surface area contributed by atoms with E-state index >= 15 is 0 Å². The molecule has 34 heavy (non-hydrogen) atoms. The van der Waals surface area contributed by atoms with Crippen LogP contribution >= 0.6 is 0 Å². The highest BCUT2D eigenvalue weighted by atomic mass is 16.4. The molecular weight excluding hydrogens is 444 g/mol. The minimum absolute atomic E-state index is 0.179. The minimum Gasteiger partial charge on any atom is -0.480 e. The fourth-order valence-electron chi connectivity index (χ4n) is 3.08. The van der Waals surface area contributed by atoms with Gasteiger partial charge in [-0.1, -0.05) is 30.3 Å². The quantitative estimate of drug-likeness (QED) is 0.133. The highest BCUT2D eigenvalue weighted by Crippen LogP contribution is 2.05. The SMILES string of the molecule is NCCCCC(NC(=O)C(N)Cc1ccccc1)C(=O)NCC(=O)NC(CCC(N)=O)C(=O)O. The van der Waals surface area contributed by atoms with Gasteiger partial charge in [-0.25, -0.2) is 4.79 Å². The van der Waals surface area contributed by atoms with Crippen LogP contribution in [0.15, 0.2) is 30.3 Å². The third kappa shape index (κ3) is 11.4. The van der Waals surface area contributed by atoms with Crippen LogP contribution in [0.25, 0.3) is 0 Å². The molecule has 0 saturated carbocycles. The first kappa shape index (κ1) is 28.5. The summed E-state index contributed by atoms with van der Waals surface area (Å²) in [4.78, 5) is 59.4. The molecule has 0 fully saturated rings. The summed E-state index contributed by atoms with van der Waals surface area (Å²) in [7, 11) is 0. The molecule has 4 amide bonds. The maximum Gasteiger partial charge on any atom is 0.326 e. The van der Waals surface area contributed by atoms with Crippen molar-refractivity contribution in [1.82, 2.24) is 16.0 Å². The molecule has 0 radical (unpaired) electrons. The lowest BCUT2D eigenvalue weighted by molar-refractivity contribution is -0.142. The predicted octanol–water partition coefficient (Wildman–Crippen LogP) is -1.88. The molecule has 1 rings (SSSR count). The number of rotatable bonds is 16. The number of unbranched alkanes of at least 4 members (excludes halogenated alkanes) is 1. The van der Waals surface area contributed by atoms with Crippen LogP contribution in [-0.4, -0.2) is 65.9 Å². The summed E-state index contributed by atoms with van der Waals surface area (Å²) < 4.78 is 0. The number of benzene rings is 1. The number of hydrogen-bond donors (Lipinski definition) is 7. The van der Waals surface area contributed by atoms with E-state index in [4.69, 9.17) is 22.3 Å². The molecule has 0 heterocycles. The van der Waals surface area contributed by atoms with E-state index in [1.807, 2.05) is 30.3 Å². The van der Waals surface area contributed by atoms with Gasteiger partial charge in [0.1, 0.15) is 12.1 Å². The third-order valence-corrected chi connectivity index (χ3v) is 4.95. The van der Waals surface area contributed by atoms with E-state index < -0.39 is 54.3 Å². The van der Waals surface area contributed by atoms with E-state index in [1.54, 1.807) is 0 Å². The molecule has 188 valence electrons. The Balaban J connectivity index is 2.66. The van der Waals surface area contributed by atoms with Crippen molar-refractivity contribution in [2.75, 3.05) is 13.1 Å². The number of nitrogens with one attached hydrogen (secondary N) is 3. The average Bonchev–Trinajstić information content (AvgIpc) is 2.79. The second-order valence-electron chi connectivity index (χ2n) is 7.82. The molecule has 0 aliphatic carbocycles. The van der Waals surface area contributed by atoms with E-state index in [0.717, 1.165) is 5.56 Å². The summed E-state index contributed by atoms with van der Waals surface area (Å²) in [6.45, 7) is -0.0986. The van der Waals surface area contributed by atoms with Gasteiger partial charge in [0.2, 0.25) is 23.6 Å². The zero-order valence-corrected chi connectivity index (χ0v) is 19.0. The summed E-state index contributed by atoms with van der Waals surface area (Å²) in [5, 5.41) is 16.4. The van der Waals surface area contributed by atoms with Gasteiger partial charge in [-0.15, -0.1) is 0 Å². The number of carbonyl (C=O) groups is 5. The van der Waals surface area contributed by atoms with E-state index in [-0.39, 0.29) is 25.7 Å². The second-order valence-corrected chi connectivity index (χ2v) is 7.82. The molecule has 12 nitrogen and oxygen atoms in total. The maximum atomic E-state index is 12.6. The number of amides is 4. The van der Waals surface area contributed by atoms with Crippen molar-refractivity contribution in [2.45, 2.75) is 56.7 Å². The smallest absolute Gasteiger partial charge is 0.326 e. The molecule has 0 aliphatic heterocycles. The summed E-state index contributed by atoms with van der Waals surface area (Å²) in [6, 6.07) is 6.03. The van der Waals surface area contributed by atoms with Crippen molar-refractivity contribution in [3.8, 4) is 0 Å². The molecule has 10 N–H and O–H groups in total. The molecule has 0 aromatic heterocycles. The molecule has 12 heteroatoms. The lowest BCUT2D eigenvalue weighted by Crippen LogP contribution is -2.53. The van der Waals surface area contributed by atoms with Gasteiger partial charge < -0.3 is 38.3 Å². The van der Waals surface area contributed by atoms with Crippen molar-refractivity contribution >= 4 is 29.6 Å². The summed E-state index contributed by atoms with van der Waals surface area (Å²) >= 11 is 0. The Hall–Kier alpha value is -3.51. The monoisotopic (exact) mass is 478 g/mol. The van der Waals surface area contributed by atoms with Gasteiger partial charge in [-0.3, -0.25) is 19.2 Å². The minimum atomic E-state index is -1.33. The highest BCUT2D eigenvalue weighted by molar-refractivity contribution is 5.92. The van der Waals surface area contributed by atoms with Gasteiger partial charge in [-0.05, 0) is 44.2 Å². The first-order valence-electron chi connectivity index (χ1n) is 11.0. The number of carboxylic acid groups (broad SMARTS) is 1. The van der Waals surface area contributed by atoms with Crippen molar-refractivity contribution in [3.05, 3.63) is 35.9 Å². The van der Waals surface area contributed by atoms with Crippen molar-refractivity contribution < 1.29 is 29.1 Å². The number of carbonyl (C=O) groups excluding carboxylic acids is 4. The fourth-order valence-corrected chi connectivity index (χ4v) is 3.08. The first-order chi connectivity index (χ1) is 16.1. The molecular formula is C22H34N6O6. The zero-order chi connectivity index (χ0) is 25.5. The molecule has 1 aromatic carbocycles. The molecule has 0 spiro atoms. The largest absolute Gasteiger partial charge is 0.480 e. The Bertz CT molecular complexity index is 834. The second kappa shape index (κ2) is 15.3. The number of nitrogens with two attached hydrogens (primary N) is 3. The Morgan fingerprint density at radius 3 is 2.18 bits per heavy atom. The Labute approximate surface area is 198 Å². The van der Waals surface area contributed by atoms with Crippen LogP contribution in [0.4, 0.5) is 0 Å².